The Bertz CT molecular complexity index is 384. The molecule has 0 fully saturated rings. The van der Waals surface area contributed by atoms with Crippen LogP contribution in [0, 0.1) is 0 Å². The number of hydrogen-bond acceptors (Lipinski definition) is 3. The molecule has 18 heavy (non-hydrogen) atoms. The zero-order chi connectivity index (χ0) is 13.5. The maximum atomic E-state index is 12.0. The molecule has 0 aliphatic carbocycles. The molecule has 0 aromatic heterocycles. The summed E-state index contributed by atoms with van der Waals surface area (Å²) in [5.41, 5.74) is 0.971. The number of nitrogens with one attached hydrogen (secondary N) is 1. The molecule has 6 heteroatoms. The molecule has 0 aliphatic rings. The number of benzene rings is 1. The summed E-state index contributed by atoms with van der Waals surface area (Å²) < 4.78 is 39.1. The molecule has 2 atom stereocenters. The molecule has 0 amide bonds. The second-order valence-corrected chi connectivity index (χ2v) is 5.46. The lowest BCUT2D eigenvalue weighted by molar-refractivity contribution is -0.0498. The number of hydrogen-bond donors (Lipinski definition) is 1. The summed E-state index contributed by atoms with van der Waals surface area (Å²) in [7, 11) is -0.815. The maximum Gasteiger partial charge on any atom is 0.387 e. The van der Waals surface area contributed by atoms with Crippen LogP contribution in [0.3, 0.4) is 0 Å². The number of alkyl halides is 2. The Balaban J connectivity index is 2.48. The summed E-state index contributed by atoms with van der Waals surface area (Å²) >= 11 is 0. The van der Waals surface area contributed by atoms with E-state index in [0.717, 1.165) is 5.56 Å². The number of ether oxygens (including phenoxy) is 1. The van der Waals surface area contributed by atoms with Gasteiger partial charge in [0.15, 0.2) is 0 Å². The molecule has 0 spiro atoms. The van der Waals surface area contributed by atoms with Crippen molar-refractivity contribution in [1.82, 2.24) is 5.32 Å². The molecule has 0 aliphatic heterocycles. The van der Waals surface area contributed by atoms with Gasteiger partial charge in [-0.3, -0.25) is 4.21 Å². The predicted molar refractivity (Wildman–Crippen MR) is 68.4 cm³/mol. The van der Waals surface area contributed by atoms with E-state index in [1.165, 1.54) is 12.1 Å². The van der Waals surface area contributed by atoms with Gasteiger partial charge >= 0.3 is 6.61 Å². The Labute approximate surface area is 108 Å². The lowest BCUT2D eigenvalue weighted by atomic mass is 10.1. The van der Waals surface area contributed by atoms with Crippen LogP contribution in [0.5, 0.6) is 5.75 Å². The normalized spacial score (nSPS) is 14.5. The lowest BCUT2D eigenvalue weighted by Crippen LogP contribution is -2.23. The fraction of sp³-hybridized carbons (Fsp3) is 0.500. The van der Waals surface area contributed by atoms with Crippen molar-refractivity contribution in [2.24, 2.45) is 0 Å². The van der Waals surface area contributed by atoms with Crippen LogP contribution in [-0.4, -0.2) is 29.4 Å². The van der Waals surface area contributed by atoms with Gasteiger partial charge in [-0.15, -0.1) is 0 Å². The Kier molecular flexibility index (Phi) is 6.21. The Morgan fingerprint density at radius 3 is 2.44 bits per heavy atom. The summed E-state index contributed by atoms with van der Waals surface area (Å²) in [5.74, 6) is 0.743. The molecule has 0 bridgehead atoms. The summed E-state index contributed by atoms with van der Waals surface area (Å²) in [6, 6.07) is 6.57. The summed E-state index contributed by atoms with van der Waals surface area (Å²) in [5, 5.41) is 3.21. The third kappa shape index (κ3) is 5.55. The fourth-order valence-electron chi connectivity index (χ4n) is 1.47. The third-order valence-corrected chi connectivity index (χ3v) is 3.22. The molecule has 0 saturated heterocycles. The molecule has 1 aromatic rings. The van der Waals surface area contributed by atoms with Crippen LogP contribution in [0.2, 0.25) is 0 Å². The minimum absolute atomic E-state index is 0.0779. The molecule has 1 aromatic carbocycles. The standard InChI is InChI=1S/C12H17F2NO2S/c1-9(15-7-8-18(2)16)10-3-5-11(6-4-10)17-12(13)14/h3-6,9,12,15H,7-8H2,1-2H3. The Morgan fingerprint density at radius 1 is 1.33 bits per heavy atom. The second-order valence-electron chi connectivity index (χ2n) is 3.90. The highest BCUT2D eigenvalue weighted by Gasteiger charge is 2.07. The van der Waals surface area contributed by atoms with Gasteiger partial charge in [-0.25, -0.2) is 0 Å². The molecule has 0 radical (unpaired) electrons. The number of halogens is 2. The van der Waals surface area contributed by atoms with Gasteiger partial charge in [0.05, 0.1) is 0 Å². The van der Waals surface area contributed by atoms with Gasteiger partial charge in [0.1, 0.15) is 5.75 Å². The van der Waals surface area contributed by atoms with Crippen molar-refractivity contribution in [2.45, 2.75) is 19.6 Å². The topological polar surface area (TPSA) is 38.3 Å². The van der Waals surface area contributed by atoms with Crippen LogP contribution in [0.4, 0.5) is 8.78 Å². The molecule has 1 N–H and O–H groups in total. The van der Waals surface area contributed by atoms with E-state index in [-0.39, 0.29) is 11.8 Å². The molecule has 3 nitrogen and oxygen atoms in total. The molecular weight excluding hydrogens is 260 g/mol. The first-order valence-corrected chi connectivity index (χ1v) is 7.30. The zero-order valence-electron chi connectivity index (χ0n) is 10.4. The van der Waals surface area contributed by atoms with Crippen molar-refractivity contribution in [3.05, 3.63) is 29.8 Å². The largest absolute Gasteiger partial charge is 0.435 e. The Hall–Kier alpha value is -1.01. The van der Waals surface area contributed by atoms with Crippen molar-refractivity contribution in [3.8, 4) is 5.75 Å². The van der Waals surface area contributed by atoms with Gasteiger partial charge in [-0.1, -0.05) is 12.1 Å². The van der Waals surface area contributed by atoms with E-state index in [1.54, 1.807) is 18.4 Å². The van der Waals surface area contributed by atoms with E-state index >= 15 is 0 Å². The van der Waals surface area contributed by atoms with Crippen molar-refractivity contribution >= 4 is 10.8 Å². The van der Waals surface area contributed by atoms with Crippen molar-refractivity contribution in [3.63, 3.8) is 0 Å². The van der Waals surface area contributed by atoms with E-state index < -0.39 is 17.4 Å². The quantitative estimate of drug-likeness (QED) is 0.831. The van der Waals surface area contributed by atoms with E-state index in [1.807, 2.05) is 6.92 Å². The summed E-state index contributed by atoms with van der Waals surface area (Å²) in [4.78, 5) is 0. The van der Waals surface area contributed by atoms with E-state index in [2.05, 4.69) is 10.1 Å². The first-order chi connectivity index (χ1) is 8.49. The van der Waals surface area contributed by atoms with E-state index in [0.29, 0.717) is 12.3 Å². The van der Waals surface area contributed by atoms with Crippen molar-refractivity contribution < 1.29 is 17.7 Å². The first kappa shape index (κ1) is 15.0. The van der Waals surface area contributed by atoms with Crippen molar-refractivity contribution in [1.29, 1.82) is 0 Å². The first-order valence-electron chi connectivity index (χ1n) is 5.57. The highest BCUT2D eigenvalue weighted by Crippen LogP contribution is 2.18. The summed E-state index contributed by atoms with van der Waals surface area (Å²) in [6.07, 6.45) is 1.66. The predicted octanol–water partition coefficient (Wildman–Crippen LogP) is 2.32. The highest BCUT2D eigenvalue weighted by molar-refractivity contribution is 7.84. The molecule has 1 rings (SSSR count). The zero-order valence-corrected chi connectivity index (χ0v) is 11.2. The second kappa shape index (κ2) is 7.43. The van der Waals surface area contributed by atoms with Crippen molar-refractivity contribution in [2.75, 3.05) is 18.6 Å². The molecule has 0 saturated carbocycles. The van der Waals surface area contributed by atoms with E-state index in [4.69, 9.17) is 0 Å². The van der Waals surface area contributed by atoms with Gasteiger partial charge in [-0.05, 0) is 24.6 Å². The average molecular weight is 277 g/mol. The number of rotatable bonds is 7. The van der Waals surface area contributed by atoms with Gasteiger partial charge in [0, 0.05) is 35.4 Å². The SMILES string of the molecule is CC(NCCS(C)=O)c1ccc(OC(F)F)cc1. The fourth-order valence-corrected chi connectivity index (χ4v) is 1.88. The van der Waals surface area contributed by atoms with Gasteiger partial charge in [-0.2, -0.15) is 8.78 Å². The molecular formula is C12H17F2NO2S. The van der Waals surface area contributed by atoms with Gasteiger partial charge < -0.3 is 10.1 Å². The Morgan fingerprint density at radius 2 is 1.94 bits per heavy atom. The molecule has 102 valence electrons. The van der Waals surface area contributed by atoms with Crippen LogP contribution in [0.25, 0.3) is 0 Å². The highest BCUT2D eigenvalue weighted by atomic mass is 32.2. The smallest absolute Gasteiger partial charge is 0.387 e. The lowest BCUT2D eigenvalue weighted by Gasteiger charge is -2.14. The van der Waals surface area contributed by atoms with Crippen LogP contribution in [0.15, 0.2) is 24.3 Å². The van der Waals surface area contributed by atoms with Crippen LogP contribution in [0.1, 0.15) is 18.5 Å². The molecule has 0 heterocycles. The molecule has 2 unspecified atom stereocenters. The van der Waals surface area contributed by atoms with Gasteiger partial charge in [0.2, 0.25) is 0 Å². The van der Waals surface area contributed by atoms with E-state index in [9.17, 15) is 13.0 Å². The third-order valence-electron chi connectivity index (χ3n) is 2.45. The average Bonchev–Trinajstić information content (AvgIpc) is 2.28. The van der Waals surface area contributed by atoms with Gasteiger partial charge in [0.25, 0.3) is 0 Å². The van der Waals surface area contributed by atoms with Crippen LogP contribution in [-0.2, 0) is 10.8 Å². The monoisotopic (exact) mass is 277 g/mol. The van der Waals surface area contributed by atoms with Crippen LogP contribution < -0.4 is 10.1 Å². The minimum atomic E-state index is -2.80. The summed E-state index contributed by atoms with van der Waals surface area (Å²) in [6.45, 7) is -0.188. The minimum Gasteiger partial charge on any atom is -0.435 e. The van der Waals surface area contributed by atoms with Crippen LogP contribution >= 0.6 is 0 Å². The maximum absolute atomic E-state index is 12.0.